The van der Waals surface area contributed by atoms with Crippen LogP contribution in [-0.4, -0.2) is 53.8 Å². The van der Waals surface area contributed by atoms with Crippen molar-refractivity contribution in [1.29, 1.82) is 0 Å². The summed E-state index contributed by atoms with van der Waals surface area (Å²) in [6.45, 7) is 1.50. The summed E-state index contributed by atoms with van der Waals surface area (Å²) >= 11 is 0. The van der Waals surface area contributed by atoms with E-state index in [4.69, 9.17) is 14.2 Å². The molecule has 0 radical (unpaired) electrons. The summed E-state index contributed by atoms with van der Waals surface area (Å²) in [5, 5.41) is 3.06. The number of sulfonamides is 1. The number of hydrogen-bond donors (Lipinski definition) is 1. The summed E-state index contributed by atoms with van der Waals surface area (Å²) in [6.07, 6.45) is 0.559. The molecule has 0 aromatic heterocycles. The molecule has 0 aliphatic carbocycles. The van der Waals surface area contributed by atoms with Gasteiger partial charge >= 0.3 is 0 Å². The number of hydrogen-bond acceptors (Lipinski definition) is 6. The number of amides is 1. The third-order valence-electron chi connectivity index (χ3n) is 7.11. The van der Waals surface area contributed by atoms with Crippen LogP contribution >= 0.6 is 0 Å². The van der Waals surface area contributed by atoms with Gasteiger partial charge in [0.1, 0.15) is 11.5 Å². The Morgan fingerprint density at radius 2 is 1.68 bits per heavy atom. The topological polar surface area (TPSA) is 94.2 Å². The highest BCUT2D eigenvalue weighted by Gasteiger charge is 2.39. The van der Waals surface area contributed by atoms with Crippen LogP contribution in [0.15, 0.2) is 83.8 Å². The molecular formula is C28H30N2O6S. The van der Waals surface area contributed by atoms with Crippen LogP contribution in [0.3, 0.4) is 0 Å². The van der Waals surface area contributed by atoms with E-state index in [1.165, 1.54) is 23.5 Å². The largest absolute Gasteiger partial charge is 0.497 e. The molecule has 0 bridgehead atoms. The normalized spacial score (nSPS) is 18.8. The third kappa shape index (κ3) is 5.01. The zero-order valence-electron chi connectivity index (χ0n) is 20.6. The van der Waals surface area contributed by atoms with Gasteiger partial charge in [0.25, 0.3) is 15.9 Å². The zero-order valence-corrected chi connectivity index (χ0v) is 21.4. The molecule has 3 aromatic carbocycles. The number of rotatable bonds is 7. The maximum absolute atomic E-state index is 13.6. The van der Waals surface area contributed by atoms with Crippen molar-refractivity contribution in [1.82, 2.24) is 5.32 Å². The molecule has 194 valence electrons. The molecular weight excluding hydrogens is 492 g/mol. The highest BCUT2D eigenvalue weighted by Crippen LogP contribution is 2.38. The van der Waals surface area contributed by atoms with Crippen molar-refractivity contribution in [3.05, 3.63) is 84.4 Å². The van der Waals surface area contributed by atoms with E-state index in [2.05, 4.69) is 17.4 Å². The average Bonchev–Trinajstić information content (AvgIpc) is 2.96. The third-order valence-corrected chi connectivity index (χ3v) is 8.91. The molecule has 0 unspecified atom stereocenters. The second-order valence-corrected chi connectivity index (χ2v) is 11.1. The number of ether oxygens (including phenoxy) is 3. The molecule has 3 aromatic rings. The fraction of sp³-hybridized carbons (Fsp3) is 0.321. The number of nitrogens with zero attached hydrogens (tertiary/aromatic N) is 1. The zero-order chi connectivity index (χ0) is 25.9. The fourth-order valence-corrected chi connectivity index (χ4v) is 6.41. The lowest BCUT2D eigenvalue weighted by molar-refractivity contribution is -0.128. The Kier molecular flexibility index (Phi) is 7.08. The number of fused-ring (bicyclic) bond motifs is 1. The van der Waals surface area contributed by atoms with Crippen molar-refractivity contribution >= 4 is 21.6 Å². The molecule has 2 aliphatic rings. The Balaban J connectivity index is 1.39. The lowest BCUT2D eigenvalue weighted by Gasteiger charge is -2.39. The van der Waals surface area contributed by atoms with E-state index in [1.54, 1.807) is 36.4 Å². The Labute approximate surface area is 217 Å². The summed E-state index contributed by atoms with van der Waals surface area (Å²) in [5.74, 6) is 0.542. The fourth-order valence-electron chi connectivity index (χ4n) is 4.93. The number of benzene rings is 3. The predicted molar refractivity (Wildman–Crippen MR) is 140 cm³/mol. The summed E-state index contributed by atoms with van der Waals surface area (Å²) in [7, 11) is -2.44. The molecule has 1 amide bonds. The number of anilines is 1. The molecule has 1 saturated heterocycles. The van der Waals surface area contributed by atoms with Gasteiger partial charge in [-0.15, -0.1) is 0 Å². The van der Waals surface area contributed by atoms with Crippen LogP contribution in [0.5, 0.6) is 11.5 Å². The highest BCUT2D eigenvalue weighted by molar-refractivity contribution is 7.92. The van der Waals surface area contributed by atoms with Gasteiger partial charge in [0.05, 0.1) is 24.2 Å². The van der Waals surface area contributed by atoms with E-state index >= 15 is 0 Å². The maximum Gasteiger partial charge on any atom is 0.264 e. The van der Waals surface area contributed by atoms with Crippen LogP contribution in [0.1, 0.15) is 18.4 Å². The molecule has 5 rings (SSSR count). The first-order chi connectivity index (χ1) is 17.9. The number of carbonyl (C=O) groups excluding carboxylic acids is 1. The summed E-state index contributed by atoms with van der Waals surface area (Å²) in [6, 6.07) is 23.2. The van der Waals surface area contributed by atoms with Gasteiger partial charge in [0, 0.05) is 25.2 Å². The quantitative estimate of drug-likeness (QED) is 0.510. The highest BCUT2D eigenvalue weighted by atomic mass is 32.2. The Morgan fingerprint density at radius 1 is 1.00 bits per heavy atom. The van der Waals surface area contributed by atoms with Crippen LogP contribution in [-0.2, 0) is 25.0 Å². The minimum Gasteiger partial charge on any atom is -0.497 e. The summed E-state index contributed by atoms with van der Waals surface area (Å²) < 4.78 is 45.3. The predicted octanol–water partition coefficient (Wildman–Crippen LogP) is 3.52. The van der Waals surface area contributed by atoms with E-state index in [0.29, 0.717) is 36.9 Å². The van der Waals surface area contributed by atoms with Gasteiger partial charge in [-0.25, -0.2) is 8.42 Å². The molecule has 2 heterocycles. The van der Waals surface area contributed by atoms with E-state index in [1.807, 2.05) is 18.2 Å². The van der Waals surface area contributed by atoms with Crippen LogP contribution < -0.4 is 19.1 Å². The lowest BCUT2D eigenvalue weighted by Crippen LogP contribution is -2.53. The van der Waals surface area contributed by atoms with Crippen molar-refractivity contribution in [2.45, 2.75) is 29.3 Å². The first-order valence-electron chi connectivity index (χ1n) is 12.3. The molecule has 9 heteroatoms. The van der Waals surface area contributed by atoms with Crippen LogP contribution in [0.4, 0.5) is 5.69 Å². The van der Waals surface area contributed by atoms with Crippen LogP contribution in [0.25, 0.3) is 0 Å². The summed E-state index contributed by atoms with van der Waals surface area (Å²) in [4.78, 5) is 13.5. The van der Waals surface area contributed by atoms with Gasteiger partial charge < -0.3 is 19.5 Å². The lowest BCUT2D eigenvalue weighted by atomic mass is 9.74. The number of carbonyl (C=O) groups is 1. The van der Waals surface area contributed by atoms with E-state index in [-0.39, 0.29) is 22.8 Å². The first-order valence-corrected chi connectivity index (χ1v) is 13.7. The average molecular weight is 523 g/mol. The van der Waals surface area contributed by atoms with Crippen LogP contribution in [0.2, 0.25) is 0 Å². The smallest absolute Gasteiger partial charge is 0.264 e. The second kappa shape index (κ2) is 10.4. The molecule has 1 fully saturated rings. The second-order valence-electron chi connectivity index (χ2n) is 9.26. The van der Waals surface area contributed by atoms with Crippen molar-refractivity contribution in [3.8, 4) is 11.5 Å². The minimum atomic E-state index is -3.96. The summed E-state index contributed by atoms with van der Waals surface area (Å²) in [5.41, 5.74) is 1.29. The molecule has 1 atom stereocenters. The van der Waals surface area contributed by atoms with Gasteiger partial charge in [-0.1, -0.05) is 42.5 Å². The van der Waals surface area contributed by atoms with Gasteiger partial charge in [0.15, 0.2) is 6.10 Å². The molecule has 8 nitrogen and oxygen atoms in total. The Morgan fingerprint density at radius 3 is 2.38 bits per heavy atom. The SMILES string of the molecule is COc1ccc(S(=O)(=O)N2C[C@H](C(=O)NCC3(c4ccccc4)CCOCC3)Oc3ccccc32)cc1. The van der Waals surface area contributed by atoms with Crippen LogP contribution in [0, 0.1) is 0 Å². The molecule has 37 heavy (non-hydrogen) atoms. The van der Waals surface area contributed by atoms with E-state index in [9.17, 15) is 13.2 Å². The number of nitrogens with one attached hydrogen (secondary N) is 1. The van der Waals surface area contributed by atoms with Crippen molar-refractivity contribution < 1.29 is 27.4 Å². The van der Waals surface area contributed by atoms with E-state index < -0.39 is 16.1 Å². The molecule has 2 aliphatic heterocycles. The standard InChI is InChI=1S/C28H30N2O6S/c1-34-22-11-13-23(14-12-22)37(32,33)30-19-26(36-25-10-6-5-9-24(25)30)27(31)29-20-28(15-17-35-18-16-28)21-7-3-2-4-8-21/h2-14,26H,15-20H2,1H3,(H,29,31)/t26-/m1/s1. The van der Waals surface area contributed by atoms with Crippen molar-refractivity contribution in [2.24, 2.45) is 0 Å². The van der Waals surface area contributed by atoms with Crippen molar-refractivity contribution in [2.75, 3.05) is 37.7 Å². The van der Waals surface area contributed by atoms with Gasteiger partial charge in [-0.05, 0) is 54.8 Å². The first kappa shape index (κ1) is 25.1. The minimum absolute atomic E-state index is 0.106. The van der Waals surface area contributed by atoms with Gasteiger partial charge in [-0.2, -0.15) is 0 Å². The number of methoxy groups -OCH3 is 1. The monoisotopic (exact) mass is 522 g/mol. The Hall–Kier alpha value is -3.56. The Bertz CT molecular complexity index is 1340. The maximum atomic E-state index is 13.6. The number of para-hydroxylation sites is 2. The van der Waals surface area contributed by atoms with E-state index in [0.717, 1.165) is 18.4 Å². The molecule has 0 saturated carbocycles. The molecule has 0 spiro atoms. The van der Waals surface area contributed by atoms with Gasteiger partial charge in [0.2, 0.25) is 0 Å². The van der Waals surface area contributed by atoms with Gasteiger partial charge in [-0.3, -0.25) is 9.10 Å². The van der Waals surface area contributed by atoms with Crippen molar-refractivity contribution in [3.63, 3.8) is 0 Å². The molecule has 1 N–H and O–H groups in total.